The molecule has 0 amide bonds. The van der Waals surface area contributed by atoms with Crippen molar-refractivity contribution in [1.82, 2.24) is 14.8 Å². The third kappa shape index (κ3) is 4.04. The second-order valence-corrected chi connectivity index (χ2v) is 6.55. The maximum Gasteiger partial charge on any atom is 0.387 e. The molecule has 2 aromatic rings. The fourth-order valence-corrected chi connectivity index (χ4v) is 3.20. The van der Waals surface area contributed by atoms with E-state index in [0.29, 0.717) is 15.9 Å². The molecule has 5 nitrogen and oxygen atoms in total. The van der Waals surface area contributed by atoms with E-state index in [1.54, 1.807) is 12.1 Å². The van der Waals surface area contributed by atoms with Gasteiger partial charge in [0.25, 0.3) is 0 Å². The van der Waals surface area contributed by atoms with E-state index in [9.17, 15) is 14.0 Å². The fourth-order valence-electron chi connectivity index (χ4n) is 2.82. The molecule has 1 aromatic heterocycles. The van der Waals surface area contributed by atoms with Gasteiger partial charge in [-0.15, -0.1) is 10.2 Å². The Hall–Kier alpha value is -2.27. The third-order valence-corrected chi connectivity index (χ3v) is 4.45. The first kappa shape index (κ1) is 17.5. The van der Waals surface area contributed by atoms with Gasteiger partial charge in [-0.25, -0.2) is 0 Å². The first-order valence-electron chi connectivity index (χ1n) is 7.87. The average Bonchev–Trinajstić information content (AvgIpc) is 2.82. The summed E-state index contributed by atoms with van der Waals surface area (Å²) < 4.78 is 32.4. The van der Waals surface area contributed by atoms with Crippen LogP contribution < -0.4 is 4.74 Å². The van der Waals surface area contributed by atoms with E-state index in [4.69, 9.17) is 0 Å². The molecular formula is C17H15BrF2N4O. The average molecular weight is 409 g/mol. The molecular weight excluding hydrogens is 394 g/mol. The number of nitrogens with zero attached hydrogens (tertiary/aromatic N) is 4. The minimum absolute atomic E-state index is 0.00144. The van der Waals surface area contributed by atoms with Crippen molar-refractivity contribution >= 4 is 27.6 Å². The molecule has 0 bridgehead atoms. The molecule has 1 aliphatic heterocycles. The second kappa shape index (κ2) is 7.74. The number of hydrogen-bond donors (Lipinski definition) is 0. The molecule has 1 aliphatic rings. The van der Waals surface area contributed by atoms with Crippen molar-refractivity contribution in [3.63, 3.8) is 0 Å². The summed E-state index contributed by atoms with van der Waals surface area (Å²) in [5.41, 5.74) is 0.634. The van der Waals surface area contributed by atoms with Crippen LogP contribution in [0.2, 0.25) is 0 Å². The Morgan fingerprint density at radius 3 is 2.92 bits per heavy atom. The standard InChI is InChI=1S/C17H15BrF2N4O/c18-13-5-6-14(25-17(19)20)11(9-13)8-12(10-21)16-23-22-15-4-2-1-3-7-24(15)16/h5-6,8-9,17H,1-4,7H2/b12-8+. The molecule has 0 saturated carbocycles. The smallest absolute Gasteiger partial charge is 0.387 e. The highest BCUT2D eigenvalue weighted by Crippen LogP contribution is 2.29. The summed E-state index contributed by atoms with van der Waals surface area (Å²) in [6.45, 7) is -2.20. The highest BCUT2D eigenvalue weighted by atomic mass is 79.9. The second-order valence-electron chi connectivity index (χ2n) is 5.63. The molecule has 130 valence electrons. The number of rotatable bonds is 4. The molecule has 0 radical (unpaired) electrons. The van der Waals surface area contributed by atoms with Gasteiger partial charge in [-0.2, -0.15) is 14.0 Å². The Balaban J connectivity index is 2.04. The van der Waals surface area contributed by atoms with Gasteiger partial charge in [-0.3, -0.25) is 0 Å². The summed E-state index contributed by atoms with van der Waals surface area (Å²) in [6.07, 6.45) is 5.47. The quantitative estimate of drug-likeness (QED) is 0.701. The third-order valence-electron chi connectivity index (χ3n) is 3.96. The monoisotopic (exact) mass is 408 g/mol. The van der Waals surface area contributed by atoms with Crippen LogP contribution in [-0.2, 0) is 13.0 Å². The first-order valence-corrected chi connectivity index (χ1v) is 8.66. The van der Waals surface area contributed by atoms with Gasteiger partial charge in [0.2, 0.25) is 0 Å². The molecule has 2 heterocycles. The number of aryl methyl sites for hydroxylation is 1. The van der Waals surface area contributed by atoms with Crippen LogP contribution in [0.25, 0.3) is 11.6 Å². The number of aromatic nitrogens is 3. The zero-order valence-electron chi connectivity index (χ0n) is 13.3. The van der Waals surface area contributed by atoms with Crippen molar-refractivity contribution in [3.8, 4) is 11.8 Å². The topological polar surface area (TPSA) is 63.7 Å². The highest BCUT2D eigenvalue weighted by Gasteiger charge is 2.18. The molecule has 0 spiro atoms. The number of alkyl halides is 2. The molecule has 0 N–H and O–H groups in total. The van der Waals surface area contributed by atoms with Gasteiger partial charge in [0.1, 0.15) is 17.6 Å². The molecule has 0 unspecified atom stereocenters. The van der Waals surface area contributed by atoms with Crippen LogP contribution in [0.5, 0.6) is 5.75 Å². The molecule has 0 fully saturated rings. The number of allylic oxidation sites excluding steroid dienone is 1. The molecule has 0 atom stereocenters. The lowest BCUT2D eigenvalue weighted by atomic mass is 10.1. The minimum Gasteiger partial charge on any atom is -0.434 e. The maximum absolute atomic E-state index is 12.6. The Kier molecular flexibility index (Phi) is 5.43. The molecule has 0 saturated heterocycles. The summed E-state index contributed by atoms with van der Waals surface area (Å²) in [5, 5.41) is 17.9. The van der Waals surface area contributed by atoms with Gasteiger partial charge >= 0.3 is 6.61 Å². The number of nitriles is 1. The predicted octanol–water partition coefficient (Wildman–Crippen LogP) is 4.43. The summed E-state index contributed by atoms with van der Waals surface area (Å²) in [5.74, 6) is 1.32. The number of fused-ring (bicyclic) bond motifs is 1. The minimum atomic E-state index is -2.94. The molecule has 25 heavy (non-hydrogen) atoms. The summed E-state index contributed by atoms with van der Waals surface area (Å²) in [7, 11) is 0. The van der Waals surface area contributed by atoms with Crippen molar-refractivity contribution in [2.75, 3.05) is 0 Å². The van der Waals surface area contributed by atoms with Gasteiger partial charge in [0.05, 0.1) is 5.57 Å². The Labute approximate surface area is 152 Å². The van der Waals surface area contributed by atoms with E-state index in [1.165, 1.54) is 12.1 Å². The Morgan fingerprint density at radius 2 is 2.16 bits per heavy atom. The highest BCUT2D eigenvalue weighted by molar-refractivity contribution is 9.10. The van der Waals surface area contributed by atoms with E-state index in [2.05, 4.69) is 36.9 Å². The molecule has 8 heteroatoms. The first-order chi connectivity index (χ1) is 12.1. The summed E-state index contributed by atoms with van der Waals surface area (Å²) in [6, 6.07) is 6.76. The van der Waals surface area contributed by atoms with Crippen molar-refractivity contribution in [2.24, 2.45) is 0 Å². The van der Waals surface area contributed by atoms with Crippen LogP contribution >= 0.6 is 15.9 Å². The lowest BCUT2D eigenvalue weighted by Crippen LogP contribution is -2.06. The van der Waals surface area contributed by atoms with Gasteiger partial charge in [0.15, 0.2) is 5.82 Å². The normalized spacial score (nSPS) is 14.8. The largest absolute Gasteiger partial charge is 0.434 e. The van der Waals surface area contributed by atoms with Crippen LogP contribution in [-0.4, -0.2) is 21.4 Å². The summed E-state index contributed by atoms with van der Waals surface area (Å²) >= 11 is 3.31. The van der Waals surface area contributed by atoms with Gasteiger partial charge in [-0.1, -0.05) is 22.4 Å². The number of hydrogen-bond acceptors (Lipinski definition) is 4. The maximum atomic E-state index is 12.6. The van der Waals surface area contributed by atoms with Crippen molar-refractivity contribution < 1.29 is 13.5 Å². The van der Waals surface area contributed by atoms with Gasteiger partial charge < -0.3 is 9.30 Å². The van der Waals surface area contributed by atoms with Crippen molar-refractivity contribution in [1.29, 1.82) is 5.26 Å². The van der Waals surface area contributed by atoms with Gasteiger partial charge in [-0.05, 0) is 37.1 Å². The lowest BCUT2D eigenvalue weighted by Gasteiger charge is -2.10. The summed E-state index contributed by atoms with van der Waals surface area (Å²) in [4.78, 5) is 0. The Bertz CT molecular complexity index is 842. The van der Waals surface area contributed by atoms with E-state index < -0.39 is 6.61 Å². The van der Waals surface area contributed by atoms with E-state index >= 15 is 0 Å². The molecule has 3 rings (SSSR count). The predicted molar refractivity (Wildman–Crippen MR) is 91.8 cm³/mol. The molecule has 1 aromatic carbocycles. The number of halogens is 3. The fraction of sp³-hybridized carbons (Fsp3) is 0.353. The Morgan fingerprint density at radius 1 is 1.32 bits per heavy atom. The number of ether oxygens (including phenoxy) is 1. The van der Waals surface area contributed by atoms with E-state index in [-0.39, 0.29) is 11.3 Å². The van der Waals surface area contributed by atoms with Crippen molar-refractivity contribution in [3.05, 3.63) is 39.9 Å². The van der Waals surface area contributed by atoms with Crippen LogP contribution in [0, 0.1) is 11.3 Å². The SMILES string of the molecule is N#C/C(=C\c1cc(Br)ccc1OC(F)F)c1nnc2n1CCCCC2. The van der Waals surface area contributed by atoms with Crippen LogP contribution in [0.15, 0.2) is 22.7 Å². The zero-order valence-corrected chi connectivity index (χ0v) is 14.8. The lowest BCUT2D eigenvalue weighted by molar-refractivity contribution is -0.0499. The van der Waals surface area contributed by atoms with E-state index in [0.717, 1.165) is 38.1 Å². The van der Waals surface area contributed by atoms with Crippen molar-refractivity contribution in [2.45, 2.75) is 38.8 Å². The van der Waals surface area contributed by atoms with Crippen LogP contribution in [0.4, 0.5) is 8.78 Å². The number of benzene rings is 1. The zero-order chi connectivity index (χ0) is 17.8. The van der Waals surface area contributed by atoms with Crippen LogP contribution in [0.1, 0.15) is 36.5 Å². The van der Waals surface area contributed by atoms with Crippen LogP contribution in [0.3, 0.4) is 0 Å². The van der Waals surface area contributed by atoms with Gasteiger partial charge in [0, 0.05) is 23.0 Å². The molecule has 0 aliphatic carbocycles. The van der Waals surface area contributed by atoms with E-state index in [1.807, 2.05) is 4.57 Å².